The molecule has 1 aliphatic heterocycles. The maximum absolute atomic E-state index is 12.4. The highest BCUT2D eigenvalue weighted by Crippen LogP contribution is 2.26. The van der Waals surface area contributed by atoms with E-state index in [2.05, 4.69) is 15.6 Å². The number of carbonyl (C=O) groups excluding carboxylic acids is 2. The van der Waals surface area contributed by atoms with E-state index in [0.717, 1.165) is 12.0 Å². The number of anilines is 1. The summed E-state index contributed by atoms with van der Waals surface area (Å²) < 4.78 is 5.65. The number of carbonyl (C=O) groups is 2. The van der Waals surface area contributed by atoms with E-state index in [0.29, 0.717) is 29.8 Å². The summed E-state index contributed by atoms with van der Waals surface area (Å²) in [4.78, 5) is 29.0. The van der Waals surface area contributed by atoms with Crippen molar-refractivity contribution in [3.05, 3.63) is 60.2 Å². The molecule has 3 rings (SSSR count). The molecule has 7 heteroatoms. The second-order valence-corrected chi connectivity index (χ2v) is 7.49. The maximum Gasteiger partial charge on any atom is 0.240 e. The van der Waals surface area contributed by atoms with E-state index in [9.17, 15) is 9.59 Å². The average molecular weight is 398 g/mol. The lowest BCUT2D eigenvalue weighted by molar-refractivity contribution is -0.122. The van der Waals surface area contributed by atoms with Gasteiger partial charge >= 0.3 is 0 Å². The minimum absolute atomic E-state index is 0.0724. The zero-order chi connectivity index (χ0) is 19.8. The lowest BCUT2D eigenvalue weighted by Crippen LogP contribution is -2.28. The molecule has 1 aliphatic rings. The van der Waals surface area contributed by atoms with E-state index in [4.69, 9.17) is 4.74 Å². The zero-order valence-corrected chi connectivity index (χ0v) is 16.5. The first kappa shape index (κ1) is 19.9. The third-order valence-electron chi connectivity index (χ3n) is 4.02. The summed E-state index contributed by atoms with van der Waals surface area (Å²) in [6, 6.07) is 17.1. The second kappa shape index (κ2) is 9.94. The highest BCUT2D eigenvalue weighted by molar-refractivity contribution is 8.15. The van der Waals surface area contributed by atoms with E-state index >= 15 is 0 Å². The van der Waals surface area contributed by atoms with E-state index in [1.807, 2.05) is 55.5 Å². The number of nitrogens with one attached hydrogen (secondary N) is 2. The number of hydrogen-bond donors (Lipinski definition) is 2. The van der Waals surface area contributed by atoms with Crippen molar-refractivity contribution in [3.8, 4) is 5.75 Å². The molecule has 1 heterocycles. The molecule has 28 heavy (non-hydrogen) atoms. The Morgan fingerprint density at radius 1 is 1.18 bits per heavy atom. The van der Waals surface area contributed by atoms with Gasteiger partial charge in [-0.25, -0.2) is 0 Å². The van der Waals surface area contributed by atoms with Crippen molar-refractivity contribution >= 4 is 34.4 Å². The predicted octanol–water partition coefficient (Wildman–Crippen LogP) is 3.59. The molecule has 0 unspecified atom stereocenters. The molecule has 0 aliphatic carbocycles. The van der Waals surface area contributed by atoms with Crippen molar-refractivity contribution in [3.63, 3.8) is 0 Å². The minimum Gasteiger partial charge on any atom is -0.491 e. The van der Waals surface area contributed by atoms with Crippen LogP contribution in [0.15, 0.2) is 59.6 Å². The van der Waals surface area contributed by atoms with Gasteiger partial charge in [0.25, 0.3) is 0 Å². The molecule has 2 aromatic rings. The summed E-state index contributed by atoms with van der Waals surface area (Å²) in [5, 5.41) is 5.66. The minimum atomic E-state index is -0.488. The summed E-state index contributed by atoms with van der Waals surface area (Å²) in [7, 11) is 0. The summed E-state index contributed by atoms with van der Waals surface area (Å²) >= 11 is 1.29. The quantitative estimate of drug-likeness (QED) is 0.713. The van der Waals surface area contributed by atoms with Crippen molar-refractivity contribution in [2.24, 2.45) is 4.99 Å². The Bertz CT molecular complexity index is 855. The lowest BCUT2D eigenvalue weighted by atomic mass is 10.2. The fourth-order valence-corrected chi connectivity index (χ4v) is 3.61. The van der Waals surface area contributed by atoms with E-state index in [1.54, 1.807) is 6.07 Å². The van der Waals surface area contributed by atoms with Crippen LogP contribution in [0, 0.1) is 0 Å². The van der Waals surface area contributed by atoms with E-state index in [-0.39, 0.29) is 18.2 Å². The third kappa shape index (κ3) is 5.60. The largest absolute Gasteiger partial charge is 0.491 e. The molecular formula is C21H23N3O3S. The number of para-hydroxylation sites is 2. The summed E-state index contributed by atoms with van der Waals surface area (Å²) in [6.45, 7) is 3.09. The zero-order valence-electron chi connectivity index (χ0n) is 15.7. The average Bonchev–Trinajstić information content (AvgIpc) is 3.05. The van der Waals surface area contributed by atoms with Crippen LogP contribution in [0.5, 0.6) is 5.75 Å². The molecule has 0 bridgehead atoms. The number of hydrogen-bond acceptors (Lipinski definition) is 5. The molecule has 0 aromatic heterocycles. The maximum atomic E-state index is 12.4. The number of ether oxygens (including phenoxy) is 1. The summed E-state index contributed by atoms with van der Waals surface area (Å²) in [6.07, 6.45) is 0.954. The second-order valence-electron chi connectivity index (χ2n) is 6.30. The molecule has 1 atom stereocenters. The first-order valence-electron chi connectivity index (χ1n) is 9.23. The summed E-state index contributed by atoms with van der Waals surface area (Å²) in [5.74, 6) is 0.207. The molecule has 2 amide bonds. The number of rotatable bonds is 8. The summed E-state index contributed by atoms with van der Waals surface area (Å²) in [5.41, 5.74) is 1.68. The molecule has 2 aromatic carbocycles. The normalized spacial score (nSPS) is 17.4. The molecule has 0 radical (unpaired) electrons. The van der Waals surface area contributed by atoms with Gasteiger partial charge < -0.3 is 15.4 Å². The van der Waals surface area contributed by atoms with Crippen molar-refractivity contribution in [2.75, 3.05) is 11.9 Å². The number of aliphatic imine (C=N–C) groups is 1. The van der Waals surface area contributed by atoms with Crippen molar-refractivity contribution < 1.29 is 14.3 Å². The van der Waals surface area contributed by atoms with Gasteiger partial charge in [-0.1, -0.05) is 61.2 Å². The smallest absolute Gasteiger partial charge is 0.240 e. The fraction of sp³-hybridized carbons (Fsp3) is 0.286. The Balaban J connectivity index is 1.55. The van der Waals surface area contributed by atoms with Crippen LogP contribution in [0.1, 0.15) is 25.3 Å². The van der Waals surface area contributed by atoms with E-state index in [1.165, 1.54) is 11.8 Å². The lowest BCUT2D eigenvalue weighted by Gasteiger charge is -2.12. The Morgan fingerprint density at radius 3 is 2.71 bits per heavy atom. The van der Waals surface area contributed by atoms with Gasteiger partial charge in [0.1, 0.15) is 11.0 Å². The van der Waals surface area contributed by atoms with Gasteiger partial charge in [0.15, 0.2) is 5.17 Å². The highest BCUT2D eigenvalue weighted by Gasteiger charge is 2.32. The highest BCUT2D eigenvalue weighted by atomic mass is 32.2. The monoisotopic (exact) mass is 397 g/mol. The molecule has 1 fully saturated rings. The SMILES string of the molecule is CCCOc1ccccc1NC(=O)C[C@H]1SC(=NCc2ccccc2)NC1=O. The van der Waals surface area contributed by atoms with Gasteiger partial charge in [0.2, 0.25) is 11.8 Å². The molecule has 6 nitrogen and oxygen atoms in total. The first-order valence-corrected chi connectivity index (χ1v) is 10.1. The van der Waals surface area contributed by atoms with Crippen molar-refractivity contribution in [2.45, 2.75) is 31.6 Å². The topological polar surface area (TPSA) is 79.8 Å². The van der Waals surface area contributed by atoms with Gasteiger partial charge in [0.05, 0.1) is 18.8 Å². The Hall–Kier alpha value is -2.80. The third-order valence-corrected chi connectivity index (χ3v) is 5.14. The number of benzene rings is 2. The van der Waals surface area contributed by atoms with Crippen LogP contribution in [-0.2, 0) is 16.1 Å². The Labute approximate surface area is 168 Å². The fourth-order valence-electron chi connectivity index (χ4n) is 2.64. The molecule has 0 saturated carbocycles. The van der Waals surface area contributed by atoms with Gasteiger partial charge in [0, 0.05) is 6.42 Å². The molecule has 146 valence electrons. The van der Waals surface area contributed by atoms with Crippen LogP contribution < -0.4 is 15.4 Å². The number of amides is 2. The first-order chi connectivity index (χ1) is 13.7. The molecular weight excluding hydrogens is 374 g/mol. The van der Waals surface area contributed by atoms with Gasteiger partial charge in [-0.15, -0.1) is 0 Å². The standard InChI is InChI=1S/C21H23N3O3S/c1-2-12-27-17-11-7-6-10-16(17)23-19(25)13-18-20(26)24-21(28-18)22-14-15-8-4-3-5-9-15/h3-11,18H,2,12-14H2,1H3,(H,23,25)(H,22,24,26)/t18-/m1/s1. The van der Waals surface area contributed by atoms with Crippen LogP contribution in [-0.4, -0.2) is 28.8 Å². The number of thioether (sulfide) groups is 1. The number of nitrogens with zero attached hydrogens (tertiary/aromatic N) is 1. The molecule has 2 N–H and O–H groups in total. The van der Waals surface area contributed by atoms with Crippen LogP contribution in [0.4, 0.5) is 5.69 Å². The Morgan fingerprint density at radius 2 is 1.93 bits per heavy atom. The van der Waals surface area contributed by atoms with Crippen LogP contribution in [0.3, 0.4) is 0 Å². The number of amidine groups is 1. The van der Waals surface area contributed by atoms with Crippen molar-refractivity contribution in [1.82, 2.24) is 5.32 Å². The van der Waals surface area contributed by atoms with E-state index < -0.39 is 5.25 Å². The van der Waals surface area contributed by atoms with Crippen LogP contribution in [0.2, 0.25) is 0 Å². The van der Waals surface area contributed by atoms with Crippen molar-refractivity contribution in [1.29, 1.82) is 0 Å². The Kier molecular flexibility index (Phi) is 7.08. The molecule has 0 spiro atoms. The van der Waals surface area contributed by atoms with Gasteiger partial charge in [-0.3, -0.25) is 14.6 Å². The van der Waals surface area contributed by atoms with Crippen LogP contribution in [0.25, 0.3) is 0 Å². The van der Waals surface area contributed by atoms with Gasteiger partial charge in [-0.2, -0.15) is 0 Å². The van der Waals surface area contributed by atoms with Crippen LogP contribution >= 0.6 is 11.8 Å². The predicted molar refractivity (Wildman–Crippen MR) is 113 cm³/mol. The molecule has 1 saturated heterocycles. The van der Waals surface area contributed by atoms with Gasteiger partial charge in [-0.05, 0) is 24.1 Å².